The Balaban J connectivity index is 1.96. The number of hydrogen-bond acceptors (Lipinski definition) is 4. The summed E-state index contributed by atoms with van der Waals surface area (Å²) >= 11 is 3.24. The van der Waals surface area contributed by atoms with Crippen LogP contribution in [-0.4, -0.2) is 41.5 Å². The van der Waals surface area contributed by atoms with Crippen LogP contribution in [0, 0.1) is 0 Å². The van der Waals surface area contributed by atoms with Crippen molar-refractivity contribution in [3.8, 4) is 0 Å². The Kier molecular flexibility index (Phi) is 4.34. The highest BCUT2D eigenvalue weighted by Crippen LogP contribution is 2.23. The molecule has 100 valence electrons. The molecule has 0 N–H and O–H groups in total. The first-order chi connectivity index (χ1) is 8.47. The average Bonchev–Trinajstić information content (AvgIpc) is 2.76. The van der Waals surface area contributed by atoms with Gasteiger partial charge in [0.1, 0.15) is 4.60 Å². The molecule has 0 spiro atoms. The third-order valence-electron chi connectivity index (χ3n) is 3.16. The second-order valence-electron chi connectivity index (χ2n) is 4.54. The third kappa shape index (κ3) is 3.49. The van der Waals surface area contributed by atoms with Gasteiger partial charge < -0.3 is 0 Å². The van der Waals surface area contributed by atoms with Crippen LogP contribution in [0.25, 0.3) is 0 Å². The van der Waals surface area contributed by atoms with Crippen LogP contribution in [-0.2, 0) is 16.4 Å². The van der Waals surface area contributed by atoms with E-state index in [2.05, 4.69) is 25.9 Å². The molecular weight excluding hydrogens is 318 g/mol. The van der Waals surface area contributed by atoms with E-state index in [1.165, 1.54) is 6.26 Å². The molecular formula is C11H16BrN3O2S. The van der Waals surface area contributed by atoms with Gasteiger partial charge in [0, 0.05) is 18.8 Å². The zero-order valence-corrected chi connectivity index (χ0v) is 12.6. The Hall–Kier alpha value is -0.530. The molecule has 1 fully saturated rings. The van der Waals surface area contributed by atoms with E-state index in [1.807, 2.05) is 0 Å². The molecule has 18 heavy (non-hydrogen) atoms. The minimum absolute atomic E-state index is 0.116. The van der Waals surface area contributed by atoms with Gasteiger partial charge in [0.25, 0.3) is 0 Å². The van der Waals surface area contributed by atoms with Gasteiger partial charge in [0.15, 0.2) is 0 Å². The van der Waals surface area contributed by atoms with Crippen molar-refractivity contribution in [2.24, 2.45) is 0 Å². The summed E-state index contributed by atoms with van der Waals surface area (Å²) in [5.41, 5.74) is 0.901. The lowest BCUT2D eigenvalue weighted by Gasteiger charge is -2.21. The molecule has 0 aliphatic carbocycles. The summed E-state index contributed by atoms with van der Waals surface area (Å²) in [6, 6.07) is 0.116. The fourth-order valence-electron chi connectivity index (χ4n) is 2.32. The molecule has 0 bridgehead atoms. The van der Waals surface area contributed by atoms with Crippen LogP contribution in [0.4, 0.5) is 0 Å². The SMILES string of the molecule is CS(=O)(=O)N1CCCC1CCc1cnc(Br)cn1. The Morgan fingerprint density at radius 1 is 1.44 bits per heavy atom. The van der Waals surface area contributed by atoms with E-state index in [-0.39, 0.29) is 6.04 Å². The molecule has 1 atom stereocenters. The predicted octanol–water partition coefficient (Wildman–Crippen LogP) is 1.60. The van der Waals surface area contributed by atoms with E-state index < -0.39 is 10.0 Å². The van der Waals surface area contributed by atoms with Gasteiger partial charge in [0.05, 0.1) is 18.1 Å². The van der Waals surface area contributed by atoms with E-state index >= 15 is 0 Å². The summed E-state index contributed by atoms with van der Waals surface area (Å²) in [5, 5.41) is 0. The molecule has 1 aliphatic heterocycles. The van der Waals surface area contributed by atoms with E-state index in [9.17, 15) is 8.42 Å². The first-order valence-corrected chi connectivity index (χ1v) is 8.54. The third-order valence-corrected chi connectivity index (χ3v) is 4.90. The molecule has 0 amide bonds. The minimum Gasteiger partial charge on any atom is -0.257 e. The summed E-state index contributed by atoms with van der Waals surface area (Å²) in [6.07, 6.45) is 8.13. The molecule has 2 rings (SSSR count). The van der Waals surface area contributed by atoms with Crippen LogP contribution in [0.15, 0.2) is 17.0 Å². The first-order valence-electron chi connectivity index (χ1n) is 5.90. The van der Waals surface area contributed by atoms with Gasteiger partial charge in [-0.3, -0.25) is 4.98 Å². The maximum absolute atomic E-state index is 11.6. The second kappa shape index (κ2) is 5.63. The molecule has 1 unspecified atom stereocenters. The van der Waals surface area contributed by atoms with Crippen molar-refractivity contribution in [1.29, 1.82) is 0 Å². The van der Waals surface area contributed by atoms with Crippen molar-refractivity contribution in [3.05, 3.63) is 22.7 Å². The van der Waals surface area contributed by atoms with Crippen LogP contribution >= 0.6 is 15.9 Å². The summed E-state index contributed by atoms with van der Waals surface area (Å²) in [4.78, 5) is 8.36. The number of aryl methyl sites for hydroxylation is 1. The average molecular weight is 334 g/mol. The Bertz CT molecular complexity index is 504. The van der Waals surface area contributed by atoms with Crippen molar-refractivity contribution in [3.63, 3.8) is 0 Å². The first kappa shape index (κ1) is 13.9. The monoisotopic (exact) mass is 333 g/mol. The molecule has 5 nitrogen and oxygen atoms in total. The smallest absolute Gasteiger partial charge is 0.211 e. The molecule has 1 saturated heterocycles. The normalized spacial score (nSPS) is 21.3. The van der Waals surface area contributed by atoms with Crippen LogP contribution in [0.1, 0.15) is 25.0 Å². The lowest BCUT2D eigenvalue weighted by Crippen LogP contribution is -2.34. The fourth-order valence-corrected chi connectivity index (χ4v) is 3.73. The van der Waals surface area contributed by atoms with Crippen molar-refractivity contribution < 1.29 is 8.42 Å². The van der Waals surface area contributed by atoms with Gasteiger partial charge in [0.2, 0.25) is 10.0 Å². The molecule has 1 aliphatic rings. The number of nitrogens with zero attached hydrogens (tertiary/aromatic N) is 3. The zero-order valence-electron chi connectivity index (χ0n) is 10.2. The topological polar surface area (TPSA) is 63.2 Å². The lowest BCUT2D eigenvalue weighted by molar-refractivity contribution is 0.372. The fraction of sp³-hybridized carbons (Fsp3) is 0.636. The van der Waals surface area contributed by atoms with Crippen LogP contribution in [0.2, 0.25) is 0 Å². The van der Waals surface area contributed by atoms with Crippen LogP contribution in [0.5, 0.6) is 0 Å². The molecule has 2 heterocycles. The van der Waals surface area contributed by atoms with Gasteiger partial charge in [-0.15, -0.1) is 0 Å². The summed E-state index contributed by atoms with van der Waals surface area (Å²) in [6.45, 7) is 0.648. The Morgan fingerprint density at radius 3 is 2.83 bits per heavy atom. The van der Waals surface area contributed by atoms with E-state index in [0.717, 1.165) is 31.4 Å². The lowest BCUT2D eigenvalue weighted by atomic mass is 10.1. The highest BCUT2D eigenvalue weighted by Gasteiger charge is 2.30. The quantitative estimate of drug-likeness (QED) is 0.839. The molecule has 1 aromatic rings. The predicted molar refractivity (Wildman–Crippen MR) is 72.6 cm³/mol. The molecule has 1 aromatic heterocycles. The summed E-state index contributed by atoms with van der Waals surface area (Å²) in [7, 11) is -3.07. The zero-order chi connectivity index (χ0) is 13.2. The van der Waals surface area contributed by atoms with E-state index in [0.29, 0.717) is 11.1 Å². The van der Waals surface area contributed by atoms with Gasteiger partial charge >= 0.3 is 0 Å². The van der Waals surface area contributed by atoms with Crippen molar-refractivity contribution in [2.45, 2.75) is 31.7 Å². The minimum atomic E-state index is -3.07. The highest BCUT2D eigenvalue weighted by molar-refractivity contribution is 9.10. The Morgan fingerprint density at radius 2 is 2.22 bits per heavy atom. The van der Waals surface area contributed by atoms with Gasteiger partial charge in [-0.05, 0) is 41.6 Å². The summed E-state index contributed by atoms with van der Waals surface area (Å²) in [5.74, 6) is 0. The standard InChI is InChI=1S/C11H16BrN3O2S/c1-18(16,17)15-6-2-3-10(15)5-4-9-7-14-11(12)8-13-9/h7-8,10H,2-6H2,1H3. The molecule has 0 saturated carbocycles. The number of aromatic nitrogens is 2. The van der Waals surface area contributed by atoms with Gasteiger partial charge in [-0.2, -0.15) is 4.31 Å². The van der Waals surface area contributed by atoms with Crippen molar-refractivity contribution in [1.82, 2.24) is 14.3 Å². The van der Waals surface area contributed by atoms with Crippen molar-refractivity contribution >= 4 is 26.0 Å². The number of rotatable bonds is 4. The Labute approximate surface area is 116 Å². The van der Waals surface area contributed by atoms with E-state index in [1.54, 1.807) is 16.7 Å². The largest absolute Gasteiger partial charge is 0.257 e. The van der Waals surface area contributed by atoms with Gasteiger partial charge in [-0.1, -0.05) is 0 Å². The molecule has 0 aromatic carbocycles. The molecule has 7 heteroatoms. The van der Waals surface area contributed by atoms with Gasteiger partial charge in [-0.25, -0.2) is 13.4 Å². The molecule has 0 radical (unpaired) electrons. The van der Waals surface area contributed by atoms with Crippen LogP contribution in [0.3, 0.4) is 0 Å². The second-order valence-corrected chi connectivity index (χ2v) is 7.29. The van der Waals surface area contributed by atoms with Crippen molar-refractivity contribution in [2.75, 3.05) is 12.8 Å². The number of halogens is 1. The maximum Gasteiger partial charge on any atom is 0.211 e. The maximum atomic E-state index is 11.6. The number of sulfonamides is 1. The highest BCUT2D eigenvalue weighted by atomic mass is 79.9. The number of hydrogen-bond donors (Lipinski definition) is 0. The summed E-state index contributed by atoms with van der Waals surface area (Å²) < 4.78 is 25.5. The van der Waals surface area contributed by atoms with E-state index in [4.69, 9.17) is 0 Å². The van der Waals surface area contributed by atoms with Crippen LogP contribution < -0.4 is 0 Å².